The van der Waals surface area contributed by atoms with Gasteiger partial charge < -0.3 is 15.4 Å². The molecule has 0 spiro atoms. The Morgan fingerprint density at radius 3 is 2.23 bits per heavy atom. The second-order valence-corrected chi connectivity index (χ2v) is 9.00. The fourth-order valence-electron chi connectivity index (χ4n) is 4.35. The molecule has 1 heterocycles. The highest BCUT2D eigenvalue weighted by Gasteiger charge is 2.22. The molecular formula is C24H43N5O. The Morgan fingerprint density at radius 1 is 1.07 bits per heavy atom. The first-order chi connectivity index (χ1) is 14.3. The Morgan fingerprint density at radius 2 is 1.67 bits per heavy atom. The van der Waals surface area contributed by atoms with Gasteiger partial charge in [-0.25, -0.2) is 0 Å². The summed E-state index contributed by atoms with van der Waals surface area (Å²) in [6.07, 6.45) is 0.580. The standard InChI is InChI=1S/C24H43N5O/c1-18(2)29(19(3)4)13-12-26-24(25-7)27-14-22-10-8-9-11-23(22)17-28-15-20(5)30-21(6)16-28/h8-11,18-21H,12-17H2,1-7H3,(H2,25,26,27). The van der Waals surface area contributed by atoms with E-state index in [9.17, 15) is 0 Å². The highest BCUT2D eigenvalue weighted by molar-refractivity contribution is 5.79. The molecule has 2 unspecified atom stereocenters. The number of rotatable bonds is 9. The number of hydrogen-bond acceptors (Lipinski definition) is 4. The normalized spacial score (nSPS) is 20.9. The first-order valence-electron chi connectivity index (χ1n) is 11.4. The molecule has 170 valence electrons. The van der Waals surface area contributed by atoms with E-state index in [2.05, 4.69) is 91.2 Å². The molecule has 0 amide bonds. The van der Waals surface area contributed by atoms with Crippen LogP contribution < -0.4 is 10.6 Å². The number of nitrogens with zero attached hydrogens (tertiary/aromatic N) is 3. The maximum Gasteiger partial charge on any atom is 0.191 e. The average molecular weight is 418 g/mol. The summed E-state index contributed by atoms with van der Waals surface area (Å²) in [4.78, 5) is 9.39. The van der Waals surface area contributed by atoms with Crippen molar-refractivity contribution in [3.63, 3.8) is 0 Å². The van der Waals surface area contributed by atoms with Gasteiger partial charge in [-0.05, 0) is 52.7 Å². The zero-order valence-corrected chi connectivity index (χ0v) is 20.1. The molecule has 30 heavy (non-hydrogen) atoms. The summed E-state index contributed by atoms with van der Waals surface area (Å²) in [5, 5.41) is 6.95. The summed E-state index contributed by atoms with van der Waals surface area (Å²) in [6, 6.07) is 9.78. The molecule has 1 aliphatic rings. The number of guanidine groups is 1. The summed E-state index contributed by atoms with van der Waals surface area (Å²) in [5.41, 5.74) is 2.69. The summed E-state index contributed by atoms with van der Waals surface area (Å²) in [6.45, 7) is 18.9. The molecule has 0 aromatic heterocycles. The molecule has 0 saturated carbocycles. The molecule has 1 aromatic carbocycles. The molecule has 1 aromatic rings. The van der Waals surface area contributed by atoms with Crippen LogP contribution in [0.4, 0.5) is 0 Å². The Labute approximate surface area is 184 Å². The fourth-order valence-corrected chi connectivity index (χ4v) is 4.35. The van der Waals surface area contributed by atoms with Crippen molar-refractivity contribution in [1.82, 2.24) is 20.4 Å². The third-order valence-electron chi connectivity index (χ3n) is 5.67. The molecule has 2 N–H and O–H groups in total. The number of benzene rings is 1. The lowest BCUT2D eigenvalue weighted by Crippen LogP contribution is -2.45. The highest BCUT2D eigenvalue weighted by atomic mass is 16.5. The van der Waals surface area contributed by atoms with Crippen molar-refractivity contribution in [2.24, 2.45) is 4.99 Å². The van der Waals surface area contributed by atoms with Gasteiger partial charge in [0.05, 0.1) is 12.2 Å². The van der Waals surface area contributed by atoms with Crippen molar-refractivity contribution >= 4 is 5.96 Å². The van der Waals surface area contributed by atoms with Crippen molar-refractivity contribution < 1.29 is 4.74 Å². The smallest absolute Gasteiger partial charge is 0.191 e. The van der Waals surface area contributed by atoms with Crippen LogP contribution in [0.1, 0.15) is 52.7 Å². The SMILES string of the molecule is CN=C(NCCN(C(C)C)C(C)C)NCc1ccccc1CN1CC(C)OC(C)C1. The molecule has 2 rings (SSSR count). The number of ether oxygens (including phenoxy) is 1. The lowest BCUT2D eigenvalue weighted by molar-refractivity contribution is -0.0705. The Kier molecular flexibility index (Phi) is 10.1. The molecule has 0 bridgehead atoms. The molecule has 1 aliphatic heterocycles. The Balaban J connectivity index is 1.88. The van der Waals surface area contributed by atoms with E-state index in [1.54, 1.807) is 0 Å². The Bertz CT molecular complexity index is 643. The molecule has 0 aliphatic carbocycles. The highest BCUT2D eigenvalue weighted by Crippen LogP contribution is 2.17. The Hall–Kier alpha value is -1.63. The number of morpholine rings is 1. The van der Waals surface area contributed by atoms with Crippen LogP contribution in [0.2, 0.25) is 0 Å². The van der Waals surface area contributed by atoms with Gasteiger partial charge in [0.15, 0.2) is 5.96 Å². The monoisotopic (exact) mass is 417 g/mol. The van der Waals surface area contributed by atoms with Gasteiger partial charge in [-0.2, -0.15) is 0 Å². The van der Waals surface area contributed by atoms with Crippen molar-refractivity contribution in [1.29, 1.82) is 0 Å². The van der Waals surface area contributed by atoms with Crippen LogP contribution in [-0.4, -0.2) is 73.3 Å². The van der Waals surface area contributed by atoms with Crippen LogP contribution in [0.15, 0.2) is 29.3 Å². The zero-order valence-electron chi connectivity index (χ0n) is 20.1. The van der Waals surface area contributed by atoms with Crippen molar-refractivity contribution in [2.45, 2.75) is 78.9 Å². The summed E-state index contributed by atoms with van der Waals surface area (Å²) >= 11 is 0. The third kappa shape index (κ3) is 7.89. The molecule has 1 fully saturated rings. The van der Waals surface area contributed by atoms with Gasteiger partial charge in [0.2, 0.25) is 0 Å². The first-order valence-corrected chi connectivity index (χ1v) is 11.4. The minimum atomic E-state index is 0.290. The van der Waals surface area contributed by atoms with E-state index in [1.165, 1.54) is 11.1 Å². The van der Waals surface area contributed by atoms with Gasteiger partial charge in [-0.3, -0.25) is 14.8 Å². The van der Waals surface area contributed by atoms with Crippen LogP contribution in [0.25, 0.3) is 0 Å². The summed E-state index contributed by atoms with van der Waals surface area (Å²) in [5.74, 6) is 0.853. The minimum Gasteiger partial charge on any atom is -0.373 e. The molecule has 6 nitrogen and oxygen atoms in total. The molecule has 1 saturated heterocycles. The van der Waals surface area contributed by atoms with E-state index >= 15 is 0 Å². The minimum absolute atomic E-state index is 0.290. The van der Waals surface area contributed by atoms with E-state index in [4.69, 9.17) is 4.74 Å². The predicted molar refractivity (Wildman–Crippen MR) is 127 cm³/mol. The van der Waals surface area contributed by atoms with Gasteiger partial charge >= 0.3 is 0 Å². The number of nitrogens with one attached hydrogen (secondary N) is 2. The van der Waals surface area contributed by atoms with Gasteiger partial charge in [0, 0.05) is 58.4 Å². The van der Waals surface area contributed by atoms with Crippen LogP contribution in [0.3, 0.4) is 0 Å². The zero-order chi connectivity index (χ0) is 22.1. The second kappa shape index (κ2) is 12.3. The third-order valence-corrected chi connectivity index (χ3v) is 5.67. The molecule has 6 heteroatoms. The predicted octanol–water partition coefficient (Wildman–Crippen LogP) is 3.08. The summed E-state index contributed by atoms with van der Waals surface area (Å²) < 4.78 is 5.88. The van der Waals surface area contributed by atoms with Gasteiger partial charge in [-0.1, -0.05) is 24.3 Å². The number of hydrogen-bond donors (Lipinski definition) is 2. The van der Waals surface area contributed by atoms with E-state index in [0.717, 1.165) is 45.2 Å². The van der Waals surface area contributed by atoms with Crippen molar-refractivity contribution in [3.8, 4) is 0 Å². The van der Waals surface area contributed by atoms with E-state index in [0.29, 0.717) is 24.3 Å². The van der Waals surface area contributed by atoms with Gasteiger partial charge in [0.1, 0.15) is 0 Å². The second-order valence-electron chi connectivity index (χ2n) is 9.00. The van der Waals surface area contributed by atoms with E-state index in [-0.39, 0.29) is 0 Å². The lowest BCUT2D eigenvalue weighted by atomic mass is 10.1. The van der Waals surface area contributed by atoms with Crippen molar-refractivity contribution in [2.75, 3.05) is 33.2 Å². The topological polar surface area (TPSA) is 52.1 Å². The lowest BCUT2D eigenvalue weighted by Gasteiger charge is -2.35. The summed E-state index contributed by atoms with van der Waals surface area (Å²) in [7, 11) is 1.83. The van der Waals surface area contributed by atoms with E-state index in [1.807, 2.05) is 7.05 Å². The average Bonchev–Trinajstić information content (AvgIpc) is 2.67. The van der Waals surface area contributed by atoms with Gasteiger partial charge in [0.25, 0.3) is 0 Å². The number of aliphatic imine (C=N–C) groups is 1. The maximum atomic E-state index is 5.88. The maximum absolute atomic E-state index is 5.88. The molecule has 2 atom stereocenters. The van der Waals surface area contributed by atoms with Crippen LogP contribution >= 0.6 is 0 Å². The van der Waals surface area contributed by atoms with Crippen LogP contribution in [0, 0.1) is 0 Å². The van der Waals surface area contributed by atoms with Crippen LogP contribution in [0.5, 0.6) is 0 Å². The van der Waals surface area contributed by atoms with E-state index < -0.39 is 0 Å². The van der Waals surface area contributed by atoms with Crippen LogP contribution in [-0.2, 0) is 17.8 Å². The molecular weight excluding hydrogens is 374 g/mol. The first kappa shape index (κ1) is 24.6. The quantitative estimate of drug-likeness (QED) is 0.478. The van der Waals surface area contributed by atoms with Crippen molar-refractivity contribution in [3.05, 3.63) is 35.4 Å². The fraction of sp³-hybridized carbons (Fsp3) is 0.708. The van der Waals surface area contributed by atoms with Gasteiger partial charge in [-0.15, -0.1) is 0 Å². The molecule has 0 radical (unpaired) electrons. The largest absolute Gasteiger partial charge is 0.373 e.